The van der Waals surface area contributed by atoms with Crippen molar-refractivity contribution in [2.75, 3.05) is 0 Å². The Morgan fingerprint density at radius 1 is 0.600 bits per heavy atom. The first-order chi connectivity index (χ1) is 7.07. The van der Waals surface area contributed by atoms with Gasteiger partial charge in [0.1, 0.15) is 0 Å². The van der Waals surface area contributed by atoms with E-state index < -0.39 is 0 Å². The molecule has 4 heteroatoms. The summed E-state index contributed by atoms with van der Waals surface area (Å²) in [6, 6.07) is 0. The third-order valence-electron chi connectivity index (χ3n) is 0. The van der Waals surface area contributed by atoms with Gasteiger partial charge in [-0.1, -0.05) is 41.5 Å². The molecule has 0 rings (SSSR count). The van der Waals surface area contributed by atoms with Crippen LogP contribution >= 0.6 is 0 Å². The molecule has 0 aromatic heterocycles. The van der Waals surface area contributed by atoms with Crippen LogP contribution in [-0.2, 0) is 9.59 Å². The highest BCUT2D eigenvalue weighted by atomic mass is 16.3. The number of carbonyl (C=O) groups is 2. The van der Waals surface area contributed by atoms with Crippen LogP contribution in [0.3, 0.4) is 0 Å². The van der Waals surface area contributed by atoms with Crippen molar-refractivity contribution in [2.24, 2.45) is 0 Å². The summed E-state index contributed by atoms with van der Waals surface area (Å²) < 4.78 is 0. The van der Waals surface area contributed by atoms with Gasteiger partial charge in [0.25, 0.3) is 12.9 Å². The Balaban J connectivity index is -0.0000000278. The molecule has 0 aliphatic rings. The topological polar surface area (TPSA) is 74.6 Å². The smallest absolute Gasteiger partial charge is 0.290 e. The number of carboxylic acid groups (broad SMARTS) is 2. The molecule has 0 aromatic carbocycles. The van der Waals surface area contributed by atoms with E-state index in [-0.39, 0.29) is 12.9 Å². The van der Waals surface area contributed by atoms with Crippen molar-refractivity contribution >= 4 is 12.9 Å². The number of rotatable bonds is 0. The van der Waals surface area contributed by atoms with E-state index in [1.807, 2.05) is 60.8 Å². The fourth-order valence-corrected chi connectivity index (χ4v) is 0. The SMILES string of the molecule is C[CH]C.C[CH]C.C[CH]C.O=CO.O=CO. The van der Waals surface area contributed by atoms with Crippen LogP contribution in [0.1, 0.15) is 41.5 Å². The maximum absolute atomic E-state index is 8.36. The Labute approximate surface area is 94.3 Å². The Bertz CT molecular complexity index is 54.9. The summed E-state index contributed by atoms with van der Waals surface area (Å²) in [6.45, 7) is 11.5. The van der Waals surface area contributed by atoms with Gasteiger partial charge in [0.05, 0.1) is 0 Å². The second-order valence-corrected chi connectivity index (χ2v) is 1.94. The van der Waals surface area contributed by atoms with Crippen LogP contribution in [0, 0.1) is 19.3 Å². The molecular formula is C11H25O4. The molecule has 0 fully saturated rings. The van der Waals surface area contributed by atoms with Crippen LogP contribution in [0.25, 0.3) is 0 Å². The zero-order valence-electron chi connectivity index (χ0n) is 10.6. The molecule has 4 nitrogen and oxygen atoms in total. The zero-order valence-corrected chi connectivity index (χ0v) is 10.6. The quantitative estimate of drug-likeness (QED) is 0.616. The van der Waals surface area contributed by atoms with Gasteiger partial charge >= 0.3 is 0 Å². The van der Waals surface area contributed by atoms with Crippen molar-refractivity contribution in [3.8, 4) is 0 Å². The molecule has 93 valence electrons. The van der Waals surface area contributed by atoms with Crippen LogP contribution in [0.4, 0.5) is 0 Å². The van der Waals surface area contributed by atoms with Crippen molar-refractivity contribution in [2.45, 2.75) is 41.5 Å². The summed E-state index contributed by atoms with van der Waals surface area (Å²) in [5.74, 6) is 0. The van der Waals surface area contributed by atoms with Gasteiger partial charge in [-0.15, -0.1) is 0 Å². The van der Waals surface area contributed by atoms with E-state index in [9.17, 15) is 0 Å². The Kier molecular flexibility index (Phi) is 231. The van der Waals surface area contributed by atoms with Crippen molar-refractivity contribution in [1.29, 1.82) is 0 Å². The third-order valence-corrected chi connectivity index (χ3v) is 0. The fraction of sp³-hybridized carbons (Fsp3) is 0.545. The van der Waals surface area contributed by atoms with Gasteiger partial charge in [0.15, 0.2) is 0 Å². The van der Waals surface area contributed by atoms with Crippen LogP contribution in [0.15, 0.2) is 0 Å². The fourth-order valence-electron chi connectivity index (χ4n) is 0. The molecule has 0 aliphatic carbocycles. The molecule has 0 amide bonds. The molecule has 0 bridgehead atoms. The Hall–Kier alpha value is -1.06. The van der Waals surface area contributed by atoms with Gasteiger partial charge in [-0.2, -0.15) is 0 Å². The van der Waals surface area contributed by atoms with Crippen LogP contribution < -0.4 is 0 Å². The van der Waals surface area contributed by atoms with Gasteiger partial charge in [-0.05, 0) is 19.3 Å². The lowest BCUT2D eigenvalue weighted by Gasteiger charge is -1.47. The summed E-state index contributed by atoms with van der Waals surface area (Å²) in [5, 5.41) is 13.8. The summed E-state index contributed by atoms with van der Waals surface area (Å²) in [6.07, 6.45) is 6.00. The summed E-state index contributed by atoms with van der Waals surface area (Å²) >= 11 is 0. The molecule has 0 heterocycles. The van der Waals surface area contributed by atoms with Crippen molar-refractivity contribution in [1.82, 2.24) is 0 Å². The molecule has 0 atom stereocenters. The van der Waals surface area contributed by atoms with Gasteiger partial charge in [0, 0.05) is 0 Å². The average molecular weight is 221 g/mol. The highest BCUT2D eigenvalue weighted by Gasteiger charge is 1.37. The van der Waals surface area contributed by atoms with E-state index in [2.05, 4.69) is 0 Å². The first kappa shape index (κ1) is 29.2. The van der Waals surface area contributed by atoms with E-state index in [1.165, 1.54) is 0 Å². The molecule has 0 saturated carbocycles. The predicted molar refractivity (Wildman–Crippen MR) is 64.3 cm³/mol. The molecule has 15 heavy (non-hydrogen) atoms. The molecule has 0 aromatic rings. The first-order valence-electron chi connectivity index (χ1n) is 4.45. The summed E-state index contributed by atoms with van der Waals surface area (Å²) in [4.78, 5) is 16.7. The highest BCUT2D eigenvalue weighted by molar-refractivity contribution is 5.32. The molecule has 0 aliphatic heterocycles. The van der Waals surface area contributed by atoms with E-state index in [4.69, 9.17) is 19.8 Å². The van der Waals surface area contributed by atoms with Crippen LogP contribution in [0.5, 0.6) is 0 Å². The average Bonchev–Trinajstić information content (AvgIpc) is 2.09. The standard InChI is InChI=1S/3C3H7.2CH2O2/c3*1-3-2;2*2-1-3/h3*3H,1-2H3;2*1H,(H,2,3). The molecule has 0 unspecified atom stereocenters. The number of hydrogen-bond donors (Lipinski definition) is 2. The van der Waals surface area contributed by atoms with Crippen LogP contribution in [0.2, 0.25) is 0 Å². The minimum Gasteiger partial charge on any atom is -0.483 e. The first-order valence-corrected chi connectivity index (χ1v) is 4.45. The maximum atomic E-state index is 8.36. The third kappa shape index (κ3) is 1380. The van der Waals surface area contributed by atoms with E-state index in [0.717, 1.165) is 0 Å². The molecule has 0 saturated heterocycles. The van der Waals surface area contributed by atoms with Gasteiger partial charge in [-0.25, -0.2) is 0 Å². The summed E-state index contributed by atoms with van der Waals surface area (Å²) in [5.41, 5.74) is 0. The largest absolute Gasteiger partial charge is 0.483 e. The van der Waals surface area contributed by atoms with Gasteiger partial charge in [-0.3, -0.25) is 9.59 Å². The normalized spacial score (nSPS) is 5.20. The number of hydrogen-bond acceptors (Lipinski definition) is 2. The van der Waals surface area contributed by atoms with Crippen molar-refractivity contribution < 1.29 is 19.8 Å². The lowest BCUT2D eigenvalue weighted by atomic mass is 10.6. The Morgan fingerprint density at radius 2 is 0.600 bits per heavy atom. The Morgan fingerprint density at radius 3 is 0.600 bits per heavy atom. The predicted octanol–water partition coefficient (Wildman–Crippen LogP) is 3.09. The van der Waals surface area contributed by atoms with Crippen molar-refractivity contribution in [3.05, 3.63) is 19.3 Å². The van der Waals surface area contributed by atoms with Gasteiger partial charge in [0.2, 0.25) is 0 Å². The van der Waals surface area contributed by atoms with E-state index in [0.29, 0.717) is 0 Å². The monoisotopic (exact) mass is 221 g/mol. The molecule has 3 radical (unpaired) electrons. The minimum absolute atomic E-state index is 0.250. The van der Waals surface area contributed by atoms with Crippen molar-refractivity contribution in [3.63, 3.8) is 0 Å². The highest BCUT2D eigenvalue weighted by Crippen LogP contribution is 1.53. The molecule has 2 N–H and O–H groups in total. The zero-order chi connectivity index (χ0) is 13.5. The lowest BCUT2D eigenvalue weighted by Crippen LogP contribution is -1.49. The second-order valence-electron chi connectivity index (χ2n) is 1.94. The van der Waals surface area contributed by atoms with Crippen LogP contribution in [-0.4, -0.2) is 23.2 Å². The van der Waals surface area contributed by atoms with Gasteiger partial charge < -0.3 is 10.2 Å². The molecular weight excluding hydrogens is 196 g/mol. The second kappa shape index (κ2) is 119. The summed E-state index contributed by atoms with van der Waals surface area (Å²) in [7, 11) is 0. The lowest BCUT2D eigenvalue weighted by molar-refractivity contribution is -0.123. The minimum atomic E-state index is -0.250. The van der Waals surface area contributed by atoms with E-state index >= 15 is 0 Å². The van der Waals surface area contributed by atoms with E-state index in [1.54, 1.807) is 0 Å². The molecule has 0 spiro atoms. The maximum Gasteiger partial charge on any atom is 0.290 e.